The molecule has 1 fully saturated rings. The number of imide groups is 1. The Balaban J connectivity index is 1.52. The van der Waals surface area contributed by atoms with Crippen LogP contribution in [0.1, 0.15) is 26.3 Å². The highest BCUT2D eigenvalue weighted by Crippen LogP contribution is 2.35. The van der Waals surface area contributed by atoms with E-state index in [2.05, 4.69) is 0 Å². The van der Waals surface area contributed by atoms with Crippen LogP contribution in [0.3, 0.4) is 0 Å². The number of hydrogen-bond donors (Lipinski definition) is 2. The van der Waals surface area contributed by atoms with Crippen molar-refractivity contribution in [1.29, 1.82) is 0 Å². The predicted molar refractivity (Wildman–Crippen MR) is 131 cm³/mol. The van der Waals surface area contributed by atoms with Crippen molar-refractivity contribution < 1.29 is 38.7 Å². The number of amides is 2. The van der Waals surface area contributed by atoms with Crippen molar-refractivity contribution in [3.05, 3.63) is 95.6 Å². The van der Waals surface area contributed by atoms with Gasteiger partial charge in [-0.25, -0.2) is 0 Å². The molecule has 0 aromatic heterocycles. The SMILES string of the molecule is COc1ccc(O[C@H]2O[C@H](CO)[C@@H](O)[C@H](OCc3ccccc3)[C@@H]2N2C(=O)c3ccccc3C2=O)cc1. The van der Waals surface area contributed by atoms with Crippen molar-refractivity contribution in [1.82, 2.24) is 4.90 Å². The largest absolute Gasteiger partial charge is 0.497 e. The Bertz CT molecular complexity index is 1210. The number of ether oxygens (including phenoxy) is 4. The number of rotatable bonds is 8. The molecule has 0 aliphatic carbocycles. The van der Waals surface area contributed by atoms with Crippen LogP contribution in [0.2, 0.25) is 0 Å². The van der Waals surface area contributed by atoms with E-state index < -0.39 is 49.1 Å². The van der Waals surface area contributed by atoms with E-state index in [1.807, 2.05) is 30.3 Å². The summed E-state index contributed by atoms with van der Waals surface area (Å²) >= 11 is 0. The Kier molecular flexibility index (Phi) is 7.20. The third kappa shape index (κ3) is 4.82. The van der Waals surface area contributed by atoms with Gasteiger partial charge in [-0.2, -0.15) is 0 Å². The van der Waals surface area contributed by atoms with Gasteiger partial charge in [0.15, 0.2) is 0 Å². The molecular weight excluding hydrogens is 478 g/mol. The highest BCUT2D eigenvalue weighted by Gasteiger charge is 2.55. The van der Waals surface area contributed by atoms with Crippen LogP contribution in [0.4, 0.5) is 0 Å². The Morgan fingerprint density at radius 1 is 0.865 bits per heavy atom. The van der Waals surface area contributed by atoms with E-state index >= 15 is 0 Å². The Labute approximate surface area is 213 Å². The first-order valence-electron chi connectivity index (χ1n) is 11.9. The first-order valence-corrected chi connectivity index (χ1v) is 11.9. The van der Waals surface area contributed by atoms with Crippen LogP contribution in [-0.4, -0.2) is 71.3 Å². The molecule has 9 nitrogen and oxygen atoms in total. The highest BCUT2D eigenvalue weighted by atomic mass is 16.7. The Hall–Kier alpha value is -3.76. The van der Waals surface area contributed by atoms with E-state index in [0.717, 1.165) is 10.5 Å². The van der Waals surface area contributed by atoms with Crippen molar-refractivity contribution in [3.63, 3.8) is 0 Å². The zero-order chi connectivity index (χ0) is 25.9. The van der Waals surface area contributed by atoms with Gasteiger partial charge in [0.2, 0.25) is 6.29 Å². The average molecular weight is 506 g/mol. The van der Waals surface area contributed by atoms with E-state index in [9.17, 15) is 19.8 Å². The molecule has 2 aliphatic heterocycles. The van der Waals surface area contributed by atoms with Crippen LogP contribution >= 0.6 is 0 Å². The van der Waals surface area contributed by atoms with E-state index in [1.165, 1.54) is 0 Å². The summed E-state index contributed by atoms with van der Waals surface area (Å²) in [6, 6.07) is 21.3. The summed E-state index contributed by atoms with van der Waals surface area (Å²) in [6.45, 7) is -0.431. The zero-order valence-electron chi connectivity index (χ0n) is 20.1. The van der Waals surface area contributed by atoms with Gasteiger partial charge >= 0.3 is 0 Å². The van der Waals surface area contributed by atoms with Crippen LogP contribution in [0, 0.1) is 0 Å². The molecule has 0 saturated carbocycles. The fraction of sp³-hybridized carbons (Fsp3) is 0.286. The Morgan fingerprint density at radius 2 is 1.46 bits per heavy atom. The number of fused-ring (bicyclic) bond motifs is 1. The van der Waals surface area contributed by atoms with Crippen molar-refractivity contribution in [2.45, 2.75) is 37.3 Å². The quantitative estimate of drug-likeness (QED) is 0.449. The lowest BCUT2D eigenvalue weighted by atomic mass is 9.95. The minimum atomic E-state index is -1.35. The van der Waals surface area contributed by atoms with E-state index in [-0.39, 0.29) is 17.7 Å². The molecular formula is C28H27NO8. The molecule has 9 heteroatoms. The van der Waals surface area contributed by atoms with Crippen molar-refractivity contribution in [2.24, 2.45) is 0 Å². The van der Waals surface area contributed by atoms with Crippen molar-refractivity contribution >= 4 is 11.8 Å². The average Bonchev–Trinajstić information content (AvgIpc) is 3.19. The molecule has 2 amide bonds. The zero-order valence-corrected chi connectivity index (χ0v) is 20.1. The van der Waals surface area contributed by atoms with Crippen molar-refractivity contribution in [2.75, 3.05) is 13.7 Å². The maximum absolute atomic E-state index is 13.5. The number of methoxy groups -OCH3 is 1. The van der Waals surface area contributed by atoms with E-state index in [4.69, 9.17) is 18.9 Å². The van der Waals surface area contributed by atoms with Gasteiger partial charge in [0, 0.05) is 0 Å². The van der Waals surface area contributed by atoms with Gasteiger partial charge in [-0.15, -0.1) is 0 Å². The second-order valence-corrected chi connectivity index (χ2v) is 8.79. The second-order valence-electron chi connectivity index (χ2n) is 8.79. The number of hydrogen-bond acceptors (Lipinski definition) is 8. The predicted octanol–water partition coefficient (Wildman–Crippen LogP) is 2.40. The summed E-state index contributed by atoms with van der Waals surface area (Å²) < 4.78 is 23.4. The molecule has 192 valence electrons. The molecule has 5 atom stereocenters. The highest BCUT2D eigenvalue weighted by molar-refractivity contribution is 6.21. The monoisotopic (exact) mass is 505 g/mol. The molecule has 0 unspecified atom stereocenters. The van der Waals surface area contributed by atoms with Gasteiger partial charge in [0.1, 0.15) is 35.9 Å². The molecule has 0 radical (unpaired) electrons. The maximum Gasteiger partial charge on any atom is 0.262 e. The smallest absolute Gasteiger partial charge is 0.262 e. The molecule has 2 aliphatic rings. The second kappa shape index (κ2) is 10.7. The number of benzene rings is 3. The van der Waals surface area contributed by atoms with Gasteiger partial charge in [-0.3, -0.25) is 14.5 Å². The molecule has 0 bridgehead atoms. The van der Waals surface area contributed by atoms with Crippen LogP contribution in [-0.2, 0) is 16.1 Å². The van der Waals surface area contributed by atoms with Crippen LogP contribution in [0.15, 0.2) is 78.9 Å². The molecule has 5 rings (SSSR count). The van der Waals surface area contributed by atoms with Gasteiger partial charge in [-0.1, -0.05) is 42.5 Å². The topological polar surface area (TPSA) is 115 Å². The van der Waals surface area contributed by atoms with Crippen LogP contribution < -0.4 is 9.47 Å². The molecule has 3 aromatic rings. The van der Waals surface area contributed by atoms with Gasteiger partial charge < -0.3 is 29.2 Å². The van der Waals surface area contributed by atoms with Gasteiger partial charge in [-0.05, 0) is 42.0 Å². The fourth-order valence-electron chi connectivity index (χ4n) is 4.65. The summed E-state index contributed by atoms with van der Waals surface area (Å²) in [5.41, 5.74) is 1.32. The summed E-state index contributed by atoms with van der Waals surface area (Å²) in [5, 5.41) is 21.1. The molecule has 0 spiro atoms. The molecule has 3 aromatic carbocycles. The number of carbonyl (C=O) groups excluding carboxylic acids is 2. The third-order valence-electron chi connectivity index (χ3n) is 6.54. The first-order chi connectivity index (χ1) is 18.0. The summed E-state index contributed by atoms with van der Waals surface area (Å²) in [5.74, 6) is -0.0928. The lowest BCUT2D eigenvalue weighted by molar-refractivity contribution is -0.264. The third-order valence-corrected chi connectivity index (χ3v) is 6.54. The fourth-order valence-corrected chi connectivity index (χ4v) is 4.65. The minimum absolute atomic E-state index is 0.0929. The van der Waals surface area contributed by atoms with E-state index in [0.29, 0.717) is 11.5 Å². The lowest BCUT2D eigenvalue weighted by Gasteiger charge is -2.46. The summed E-state index contributed by atoms with van der Waals surface area (Å²) in [7, 11) is 1.54. The summed E-state index contributed by atoms with van der Waals surface area (Å²) in [4.78, 5) is 27.9. The molecule has 2 heterocycles. The number of aliphatic hydroxyl groups is 2. The van der Waals surface area contributed by atoms with Gasteiger partial charge in [0.05, 0.1) is 31.5 Å². The molecule has 37 heavy (non-hydrogen) atoms. The molecule has 2 N–H and O–H groups in total. The molecule has 1 saturated heterocycles. The number of nitrogens with zero attached hydrogens (tertiary/aromatic N) is 1. The van der Waals surface area contributed by atoms with Crippen molar-refractivity contribution in [3.8, 4) is 11.5 Å². The number of carbonyl (C=O) groups is 2. The van der Waals surface area contributed by atoms with Crippen LogP contribution in [0.5, 0.6) is 11.5 Å². The lowest BCUT2D eigenvalue weighted by Crippen LogP contribution is -2.67. The number of aliphatic hydroxyl groups excluding tert-OH is 2. The normalized spacial score (nSPS) is 25.2. The maximum atomic E-state index is 13.5. The minimum Gasteiger partial charge on any atom is -0.497 e. The Morgan fingerprint density at radius 3 is 2.05 bits per heavy atom. The van der Waals surface area contributed by atoms with Gasteiger partial charge in [0.25, 0.3) is 11.8 Å². The standard InChI is InChI=1S/C28H27NO8/c1-34-18-11-13-19(14-12-18)36-28-23(29-26(32)20-9-5-6-10-21(20)27(29)33)25(24(31)22(15-30)37-28)35-16-17-7-3-2-4-8-17/h2-14,22-25,28,30-31H,15-16H2,1H3/t22-,23+,24-,25-,28+/m1/s1. The van der Waals surface area contributed by atoms with E-state index in [1.54, 1.807) is 55.6 Å². The first kappa shape index (κ1) is 24.9. The summed E-state index contributed by atoms with van der Waals surface area (Å²) in [6.07, 6.45) is -4.78. The van der Waals surface area contributed by atoms with Crippen LogP contribution in [0.25, 0.3) is 0 Å².